The van der Waals surface area contributed by atoms with Gasteiger partial charge in [-0.25, -0.2) is 0 Å². The number of pyridine rings is 1. The van der Waals surface area contributed by atoms with Crippen molar-refractivity contribution in [2.24, 2.45) is 0 Å². The van der Waals surface area contributed by atoms with Gasteiger partial charge in [0, 0.05) is 23.9 Å². The molecule has 2 aromatic carbocycles. The third-order valence-corrected chi connectivity index (χ3v) is 11.8. The molecule has 4 rings (SSSR count). The van der Waals surface area contributed by atoms with Crippen LogP contribution >= 0.6 is 0 Å². The lowest BCUT2D eigenvalue weighted by molar-refractivity contribution is 0.230. The maximum atomic E-state index is 7.22. The highest BCUT2D eigenvalue weighted by Crippen LogP contribution is 2.43. The van der Waals surface area contributed by atoms with Crippen LogP contribution in [0.5, 0.6) is 0 Å². The van der Waals surface area contributed by atoms with Crippen molar-refractivity contribution >= 4 is 13.5 Å². The fourth-order valence-electron chi connectivity index (χ4n) is 4.63. The monoisotopic (exact) mass is 425 g/mol. The molecule has 0 unspecified atom stereocenters. The molecule has 0 aliphatic carbocycles. The first-order valence-corrected chi connectivity index (χ1v) is 13.3. The minimum atomic E-state index is -2.29. The molecule has 3 aromatic rings. The lowest BCUT2D eigenvalue weighted by Gasteiger charge is -2.47. The summed E-state index contributed by atoms with van der Waals surface area (Å²) >= 11 is 0. The van der Waals surface area contributed by atoms with Crippen molar-refractivity contribution in [3.8, 4) is 11.8 Å². The van der Waals surface area contributed by atoms with E-state index < -0.39 is 8.32 Å². The van der Waals surface area contributed by atoms with Crippen LogP contribution in [0.15, 0.2) is 79.0 Å². The summed E-state index contributed by atoms with van der Waals surface area (Å²) in [5.41, 5.74) is 3.51. The zero-order valence-electron chi connectivity index (χ0n) is 18.8. The van der Waals surface area contributed by atoms with Gasteiger partial charge in [-0.15, -0.1) is 0 Å². The number of hydrogen-bond acceptors (Lipinski definition) is 2. The number of aromatic nitrogens is 1. The Kier molecular flexibility index (Phi) is 6.41. The summed E-state index contributed by atoms with van der Waals surface area (Å²) in [6.07, 6.45) is 4.69. The number of nitrogens with zero attached hydrogens (tertiary/aromatic N) is 1. The number of fused-ring (bicyclic) bond motifs is 1. The summed E-state index contributed by atoms with van der Waals surface area (Å²) in [4.78, 5) is 4.56. The van der Waals surface area contributed by atoms with E-state index in [0.717, 1.165) is 23.7 Å². The van der Waals surface area contributed by atoms with Crippen LogP contribution in [0.1, 0.15) is 44.0 Å². The van der Waals surface area contributed by atoms with Gasteiger partial charge in [0.05, 0.1) is 0 Å². The predicted octanol–water partition coefficient (Wildman–Crippen LogP) is 5.66. The van der Waals surface area contributed by atoms with Crippen LogP contribution in [0, 0.1) is 11.8 Å². The minimum absolute atomic E-state index is 0.0698. The molecular weight excluding hydrogens is 394 g/mol. The first-order chi connectivity index (χ1) is 15.0. The average Bonchev–Trinajstić information content (AvgIpc) is 2.78. The van der Waals surface area contributed by atoms with Gasteiger partial charge in [0.15, 0.2) is 0 Å². The predicted molar refractivity (Wildman–Crippen MR) is 131 cm³/mol. The Morgan fingerprint density at radius 2 is 1.71 bits per heavy atom. The van der Waals surface area contributed by atoms with Gasteiger partial charge in [-0.2, -0.15) is 0 Å². The van der Waals surface area contributed by atoms with E-state index in [0.29, 0.717) is 6.42 Å². The van der Waals surface area contributed by atoms with Gasteiger partial charge in [-0.1, -0.05) is 81.1 Å². The van der Waals surface area contributed by atoms with E-state index in [1.165, 1.54) is 17.2 Å². The highest BCUT2D eigenvalue weighted by Gasteiger charge is 2.51. The number of aryl methyl sites for hydroxylation is 1. The molecule has 2 heterocycles. The van der Waals surface area contributed by atoms with E-state index in [9.17, 15) is 0 Å². The molecule has 2 atom stereocenters. The third kappa shape index (κ3) is 4.82. The lowest BCUT2D eigenvalue weighted by atomic mass is 10.1. The van der Waals surface area contributed by atoms with E-state index >= 15 is 0 Å². The van der Waals surface area contributed by atoms with Crippen molar-refractivity contribution in [3.63, 3.8) is 0 Å². The molecule has 0 amide bonds. The third-order valence-electron chi connectivity index (χ3n) is 6.25. The zero-order chi connectivity index (χ0) is 21.7. The second-order valence-electron chi connectivity index (χ2n) is 9.35. The smallest absolute Gasteiger partial charge is 0.231 e. The summed E-state index contributed by atoms with van der Waals surface area (Å²) in [7, 11) is -2.29. The van der Waals surface area contributed by atoms with Crippen LogP contribution in [0.25, 0.3) is 0 Å². The van der Waals surface area contributed by atoms with Gasteiger partial charge < -0.3 is 4.43 Å². The van der Waals surface area contributed by atoms with Gasteiger partial charge >= 0.3 is 0 Å². The quantitative estimate of drug-likeness (QED) is 0.397. The molecule has 0 spiro atoms. The van der Waals surface area contributed by atoms with Crippen LogP contribution in [0.2, 0.25) is 11.1 Å². The van der Waals surface area contributed by atoms with Crippen LogP contribution < -0.4 is 5.19 Å². The molecule has 0 fully saturated rings. The number of hydrogen-bond donors (Lipinski definition) is 0. The molecule has 1 aromatic heterocycles. The summed E-state index contributed by atoms with van der Waals surface area (Å²) < 4.78 is 7.22. The Morgan fingerprint density at radius 3 is 2.45 bits per heavy atom. The van der Waals surface area contributed by atoms with Gasteiger partial charge in [-0.05, 0) is 58.9 Å². The Labute approximate surface area is 187 Å². The molecule has 0 saturated heterocycles. The fourth-order valence-corrected chi connectivity index (χ4v) is 9.45. The lowest BCUT2D eigenvalue weighted by Crippen LogP contribution is -2.62. The SMILES string of the molecule is CC(C)(C)[Si@@]1(O[C@H](C#Cc2ccccc2)Cc2ccccn2)CCCc2ccccc21. The van der Waals surface area contributed by atoms with Gasteiger partial charge in [-0.3, -0.25) is 4.98 Å². The topological polar surface area (TPSA) is 22.1 Å². The van der Waals surface area contributed by atoms with Crippen LogP contribution in [-0.4, -0.2) is 19.4 Å². The minimum Gasteiger partial charge on any atom is -0.398 e. The van der Waals surface area contributed by atoms with E-state index in [4.69, 9.17) is 4.43 Å². The van der Waals surface area contributed by atoms with Crippen LogP contribution in [0.4, 0.5) is 0 Å². The first kappa shape index (κ1) is 21.6. The largest absolute Gasteiger partial charge is 0.398 e. The average molecular weight is 426 g/mol. The Hall–Kier alpha value is -2.67. The standard InChI is InChI=1S/C28H31NOSi/c1-28(2,3)31(21-11-15-24-14-7-8-17-27(24)31)30-26(22-25-16-9-10-20-29-25)19-18-23-12-5-4-6-13-23/h4-10,12-14,16-17,20,26H,11,15,21-22H2,1-3H3/t26-,31-/m1/s1. The van der Waals surface area contributed by atoms with Crippen molar-refractivity contribution in [3.05, 3.63) is 95.8 Å². The second-order valence-corrected chi connectivity index (χ2v) is 13.8. The highest BCUT2D eigenvalue weighted by molar-refractivity contribution is 6.89. The van der Waals surface area contributed by atoms with Gasteiger partial charge in [0.25, 0.3) is 0 Å². The molecule has 1 aliphatic rings. The molecule has 158 valence electrons. The summed E-state index contributed by atoms with van der Waals surface area (Å²) in [5.74, 6) is 6.85. The van der Waals surface area contributed by atoms with Gasteiger partial charge in [0.1, 0.15) is 6.10 Å². The summed E-state index contributed by atoms with van der Waals surface area (Å²) in [5, 5.41) is 1.53. The van der Waals surface area contributed by atoms with E-state index in [2.05, 4.69) is 80.1 Å². The Morgan fingerprint density at radius 1 is 0.968 bits per heavy atom. The van der Waals surface area contributed by atoms with Crippen molar-refractivity contribution in [1.82, 2.24) is 4.98 Å². The van der Waals surface area contributed by atoms with Crippen LogP contribution in [0.3, 0.4) is 0 Å². The van der Waals surface area contributed by atoms with E-state index in [-0.39, 0.29) is 11.1 Å². The van der Waals surface area contributed by atoms with Crippen molar-refractivity contribution in [1.29, 1.82) is 0 Å². The zero-order valence-corrected chi connectivity index (χ0v) is 19.8. The molecule has 0 bridgehead atoms. The summed E-state index contributed by atoms with van der Waals surface area (Å²) in [6, 6.07) is 26.3. The highest BCUT2D eigenvalue weighted by atomic mass is 28.4. The fraction of sp³-hybridized carbons (Fsp3) is 0.321. The normalized spacial score (nSPS) is 19.1. The molecule has 1 aliphatic heterocycles. The van der Waals surface area contributed by atoms with E-state index in [1.807, 2.05) is 36.5 Å². The molecule has 0 radical (unpaired) electrons. The summed E-state index contributed by atoms with van der Waals surface area (Å²) in [6.45, 7) is 7.05. The molecule has 0 N–H and O–H groups in total. The maximum Gasteiger partial charge on any atom is 0.231 e. The van der Waals surface area contributed by atoms with Crippen molar-refractivity contribution < 1.29 is 4.43 Å². The number of rotatable bonds is 4. The molecule has 3 heteroatoms. The van der Waals surface area contributed by atoms with E-state index in [1.54, 1.807) is 0 Å². The first-order valence-electron chi connectivity index (χ1n) is 11.2. The molecule has 0 saturated carbocycles. The van der Waals surface area contributed by atoms with Gasteiger partial charge in [0.2, 0.25) is 8.32 Å². The second kappa shape index (κ2) is 9.22. The maximum absolute atomic E-state index is 7.22. The Balaban J connectivity index is 1.74. The van der Waals surface area contributed by atoms with Crippen LogP contribution in [-0.2, 0) is 17.3 Å². The number of benzene rings is 2. The van der Waals surface area contributed by atoms with Crippen molar-refractivity contribution in [2.45, 2.75) is 57.2 Å². The Bertz CT molecular complexity index is 1060. The van der Waals surface area contributed by atoms with Crippen molar-refractivity contribution in [2.75, 3.05) is 0 Å². The molecule has 31 heavy (non-hydrogen) atoms. The molecular formula is C28H31NOSi. The molecule has 2 nitrogen and oxygen atoms in total.